The molecule has 0 aliphatic carbocycles. The fourth-order valence-corrected chi connectivity index (χ4v) is 2.27. The molecule has 1 aromatic heterocycles. The summed E-state index contributed by atoms with van der Waals surface area (Å²) in [6, 6.07) is 9.11. The minimum Gasteiger partial charge on any atom is -0.346 e. The maximum Gasteiger partial charge on any atom is 0.276 e. The fraction of sp³-hybridized carbons (Fsp3) is 0.214. The number of hydrogen-bond acceptors (Lipinski definition) is 3. The van der Waals surface area contributed by atoms with E-state index in [2.05, 4.69) is 15.6 Å². The summed E-state index contributed by atoms with van der Waals surface area (Å²) in [5.41, 5.74) is 1.14. The Kier molecular flexibility index (Phi) is 2.98. The average molecular weight is 270 g/mol. The van der Waals surface area contributed by atoms with Crippen molar-refractivity contribution in [3.63, 3.8) is 0 Å². The summed E-state index contributed by atoms with van der Waals surface area (Å²) in [6.45, 7) is 2.53. The van der Waals surface area contributed by atoms with Gasteiger partial charge in [0.05, 0.1) is 6.33 Å². The van der Waals surface area contributed by atoms with Crippen LogP contribution in [-0.4, -0.2) is 27.4 Å². The Labute approximate surface area is 115 Å². The number of hydrogen-bond donors (Lipinski definition) is 2. The van der Waals surface area contributed by atoms with Gasteiger partial charge in [-0.2, -0.15) is 0 Å². The standard InChI is InChI=1S/C14H14N4O2/c1-9-7-18-8-15-11(12(18)14(20)16-9)13(19)17-10-5-3-2-4-6-10/h2-6,8-9H,7H2,1H3,(H,16,20)(H,17,19)/t9-/m0/s1. The van der Waals surface area contributed by atoms with Crippen LogP contribution in [0.3, 0.4) is 0 Å². The molecule has 20 heavy (non-hydrogen) atoms. The number of carbonyl (C=O) groups excluding carboxylic acids is 2. The van der Waals surface area contributed by atoms with Crippen molar-refractivity contribution in [2.75, 3.05) is 5.32 Å². The van der Waals surface area contributed by atoms with E-state index in [1.165, 1.54) is 6.33 Å². The van der Waals surface area contributed by atoms with Crippen molar-refractivity contribution in [2.24, 2.45) is 0 Å². The number of nitrogens with one attached hydrogen (secondary N) is 2. The van der Waals surface area contributed by atoms with Crippen LogP contribution in [0.2, 0.25) is 0 Å². The van der Waals surface area contributed by atoms with E-state index in [1.807, 2.05) is 25.1 Å². The number of fused-ring (bicyclic) bond motifs is 1. The van der Waals surface area contributed by atoms with Crippen LogP contribution in [-0.2, 0) is 6.54 Å². The lowest BCUT2D eigenvalue weighted by molar-refractivity contribution is 0.0895. The Morgan fingerprint density at radius 2 is 2.15 bits per heavy atom. The van der Waals surface area contributed by atoms with E-state index in [4.69, 9.17) is 0 Å². The number of carbonyl (C=O) groups is 2. The van der Waals surface area contributed by atoms with Crippen LogP contribution in [0.5, 0.6) is 0 Å². The Bertz CT molecular complexity index is 663. The Hall–Kier alpha value is -2.63. The molecule has 0 saturated heterocycles. The predicted octanol–water partition coefficient (Wildman–Crippen LogP) is 1.27. The zero-order valence-electron chi connectivity index (χ0n) is 11.0. The molecule has 2 N–H and O–H groups in total. The highest BCUT2D eigenvalue weighted by atomic mass is 16.2. The molecule has 2 heterocycles. The molecule has 0 spiro atoms. The smallest absolute Gasteiger partial charge is 0.276 e. The molecule has 2 amide bonds. The van der Waals surface area contributed by atoms with Crippen LogP contribution in [0.4, 0.5) is 5.69 Å². The highest BCUT2D eigenvalue weighted by molar-refractivity contribution is 6.10. The van der Waals surface area contributed by atoms with Crippen LogP contribution in [0.25, 0.3) is 0 Å². The molecule has 1 aliphatic heterocycles. The van der Waals surface area contributed by atoms with E-state index < -0.39 is 0 Å². The zero-order chi connectivity index (χ0) is 14.1. The van der Waals surface area contributed by atoms with Crippen LogP contribution in [0.15, 0.2) is 36.7 Å². The summed E-state index contributed by atoms with van der Waals surface area (Å²) < 4.78 is 1.71. The fourth-order valence-electron chi connectivity index (χ4n) is 2.27. The van der Waals surface area contributed by atoms with Gasteiger partial charge < -0.3 is 15.2 Å². The van der Waals surface area contributed by atoms with E-state index in [9.17, 15) is 9.59 Å². The third-order valence-corrected chi connectivity index (χ3v) is 3.15. The molecule has 3 rings (SSSR count). The van der Waals surface area contributed by atoms with E-state index in [0.29, 0.717) is 17.9 Å². The van der Waals surface area contributed by atoms with Crippen LogP contribution in [0.1, 0.15) is 27.9 Å². The van der Waals surface area contributed by atoms with Crippen LogP contribution < -0.4 is 10.6 Å². The molecule has 0 radical (unpaired) electrons. The van der Waals surface area contributed by atoms with Crippen molar-refractivity contribution >= 4 is 17.5 Å². The van der Waals surface area contributed by atoms with Crippen molar-refractivity contribution in [3.05, 3.63) is 48.0 Å². The molecule has 1 atom stereocenters. The summed E-state index contributed by atoms with van der Waals surface area (Å²) in [5.74, 6) is -0.644. The molecule has 0 bridgehead atoms. The summed E-state index contributed by atoms with van der Waals surface area (Å²) in [4.78, 5) is 28.3. The number of aromatic nitrogens is 2. The Balaban J connectivity index is 1.88. The van der Waals surface area contributed by atoms with Gasteiger partial charge in [-0.3, -0.25) is 9.59 Å². The third kappa shape index (κ3) is 2.16. The number of anilines is 1. The van der Waals surface area contributed by atoms with Crippen LogP contribution >= 0.6 is 0 Å². The van der Waals surface area contributed by atoms with Gasteiger partial charge >= 0.3 is 0 Å². The molecule has 0 unspecified atom stereocenters. The Morgan fingerprint density at radius 1 is 1.40 bits per heavy atom. The minimum atomic E-state index is -0.380. The Morgan fingerprint density at radius 3 is 2.90 bits per heavy atom. The average Bonchev–Trinajstić information content (AvgIpc) is 2.84. The minimum absolute atomic E-state index is 0.0363. The lowest BCUT2D eigenvalue weighted by Crippen LogP contribution is -2.42. The molecule has 2 aromatic rings. The number of benzene rings is 1. The second-order valence-corrected chi connectivity index (χ2v) is 4.79. The van der Waals surface area contributed by atoms with Gasteiger partial charge in [0.1, 0.15) is 5.69 Å². The lowest BCUT2D eigenvalue weighted by Gasteiger charge is -2.22. The first-order valence-corrected chi connectivity index (χ1v) is 6.37. The van der Waals surface area contributed by atoms with Gasteiger partial charge in [0.2, 0.25) is 0 Å². The maximum atomic E-state index is 12.2. The monoisotopic (exact) mass is 270 g/mol. The molecule has 6 heteroatoms. The van der Waals surface area contributed by atoms with Gasteiger partial charge in [0.25, 0.3) is 11.8 Å². The first kappa shape index (κ1) is 12.4. The summed E-state index contributed by atoms with van der Waals surface area (Å²) >= 11 is 0. The van der Waals surface area contributed by atoms with Crippen molar-refractivity contribution in [2.45, 2.75) is 19.5 Å². The van der Waals surface area contributed by atoms with Gasteiger partial charge in [-0.15, -0.1) is 0 Å². The summed E-state index contributed by atoms with van der Waals surface area (Å²) in [6.07, 6.45) is 1.53. The van der Waals surface area contributed by atoms with E-state index >= 15 is 0 Å². The molecule has 1 aromatic carbocycles. The molecule has 102 valence electrons. The molecular weight excluding hydrogens is 256 g/mol. The number of rotatable bonds is 2. The maximum absolute atomic E-state index is 12.2. The quantitative estimate of drug-likeness (QED) is 0.862. The molecule has 0 saturated carbocycles. The van der Waals surface area contributed by atoms with E-state index in [1.54, 1.807) is 16.7 Å². The third-order valence-electron chi connectivity index (χ3n) is 3.15. The first-order chi connectivity index (χ1) is 9.65. The molecular formula is C14H14N4O2. The molecule has 6 nitrogen and oxygen atoms in total. The number of nitrogens with zero attached hydrogens (tertiary/aromatic N) is 2. The topological polar surface area (TPSA) is 76.0 Å². The molecule has 1 aliphatic rings. The van der Waals surface area contributed by atoms with Crippen molar-refractivity contribution in [1.29, 1.82) is 0 Å². The predicted molar refractivity (Wildman–Crippen MR) is 73.6 cm³/mol. The second kappa shape index (κ2) is 4.80. The van der Waals surface area contributed by atoms with Gasteiger partial charge in [-0.25, -0.2) is 4.98 Å². The summed E-state index contributed by atoms with van der Waals surface area (Å²) in [7, 11) is 0. The van der Waals surface area contributed by atoms with Gasteiger partial charge in [0, 0.05) is 18.3 Å². The van der Waals surface area contributed by atoms with Crippen molar-refractivity contribution in [3.8, 4) is 0 Å². The number of imidazole rings is 1. The normalized spacial score (nSPS) is 17.2. The largest absolute Gasteiger partial charge is 0.346 e. The second-order valence-electron chi connectivity index (χ2n) is 4.79. The SMILES string of the molecule is C[C@H]1Cn2cnc(C(=O)Nc3ccccc3)c2C(=O)N1. The number of amides is 2. The van der Waals surface area contributed by atoms with E-state index in [-0.39, 0.29) is 23.6 Å². The summed E-state index contributed by atoms with van der Waals surface area (Å²) in [5, 5.41) is 5.53. The van der Waals surface area contributed by atoms with E-state index in [0.717, 1.165) is 0 Å². The number of para-hydroxylation sites is 1. The van der Waals surface area contributed by atoms with Gasteiger partial charge in [0.15, 0.2) is 5.69 Å². The lowest BCUT2D eigenvalue weighted by atomic mass is 10.2. The van der Waals surface area contributed by atoms with Gasteiger partial charge in [-0.05, 0) is 19.1 Å². The van der Waals surface area contributed by atoms with Gasteiger partial charge in [-0.1, -0.05) is 18.2 Å². The zero-order valence-corrected chi connectivity index (χ0v) is 11.0. The molecule has 0 fully saturated rings. The van der Waals surface area contributed by atoms with Crippen molar-refractivity contribution < 1.29 is 9.59 Å². The van der Waals surface area contributed by atoms with Crippen molar-refractivity contribution in [1.82, 2.24) is 14.9 Å². The highest BCUT2D eigenvalue weighted by Gasteiger charge is 2.28. The highest BCUT2D eigenvalue weighted by Crippen LogP contribution is 2.15. The van der Waals surface area contributed by atoms with Crippen LogP contribution in [0, 0.1) is 0 Å². The first-order valence-electron chi connectivity index (χ1n) is 6.37.